The Labute approximate surface area is 89.7 Å². The van der Waals surface area contributed by atoms with Crippen LogP contribution in [0.1, 0.15) is 10.5 Å². The van der Waals surface area contributed by atoms with E-state index in [1.807, 2.05) is 5.32 Å². The van der Waals surface area contributed by atoms with E-state index in [0.717, 1.165) is 18.3 Å². The number of amides is 1. The van der Waals surface area contributed by atoms with Crippen LogP contribution in [-0.2, 0) is 0 Å². The van der Waals surface area contributed by atoms with Crippen molar-refractivity contribution in [3.05, 3.63) is 29.8 Å². The van der Waals surface area contributed by atoms with Crippen LogP contribution in [-0.4, -0.2) is 29.9 Å². The number of nitrogens with zero attached hydrogens (tertiary/aromatic N) is 1. The van der Waals surface area contributed by atoms with Crippen molar-refractivity contribution in [2.24, 2.45) is 5.73 Å². The average molecular weight is 233 g/mol. The third kappa shape index (κ3) is 3.50. The first-order valence-corrected chi connectivity index (χ1v) is 4.42. The number of alkyl halides is 2. The number of nitrogens with two attached hydrogens (primary N) is 1. The molecule has 0 radical (unpaired) electrons. The zero-order valence-corrected chi connectivity index (χ0v) is 8.21. The van der Waals surface area contributed by atoms with Gasteiger partial charge in [-0.3, -0.25) is 4.79 Å². The lowest BCUT2D eigenvalue weighted by molar-refractivity contribution is 0.0118. The number of rotatable bonds is 4. The molecule has 1 aromatic heterocycles. The molecule has 0 unspecified atom stereocenters. The highest BCUT2D eigenvalue weighted by molar-refractivity contribution is 5.92. The molecule has 3 N–H and O–H groups in total. The Morgan fingerprint density at radius 2 is 2.19 bits per heavy atom. The van der Waals surface area contributed by atoms with Crippen molar-refractivity contribution in [2.75, 3.05) is 13.1 Å². The van der Waals surface area contributed by atoms with Gasteiger partial charge in [0, 0.05) is 0 Å². The molecule has 0 aromatic carbocycles. The summed E-state index contributed by atoms with van der Waals surface area (Å²) in [5.41, 5.74) is 4.65. The highest BCUT2D eigenvalue weighted by Crippen LogP contribution is 2.09. The van der Waals surface area contributed by atoms with E-state index in [9.17, 15) is 18.0 Å². The molecule has 0 aliphatic carbocycles. The van der Waals surface area contributed by atoms with Crippen LogP contribution in [0.4, 0.5) is 13.2 Å². The number of halogens is 3. The minimum Gasteiger partial charge on any atom is -0.345 e. The van der Waals surface area contributed by atoms with Crippen LogP contribution in [0.25, 0.3) is 0 Å². The smallest absolute Gasteiger partial charge is 0.277 e. The van der Waals surface area contributed by atoms with Gasteiger partial charge in [0.15, 0.2) is 0 Å². The van der Waals surface area contributed by atoms with Crippen molar-refractivity contribution in [1.82, 2.24) is 10.3 Å². The van der Waals surface area contributed by atoms with Gasteiger partial charge < -0.3 is 11.1 Å². The molecule has 0 bridgehead atoms. The van der Waals surface area contributed by atoms with Crippen LogP contribution >= 0.6 is 0 Å². The lowest BCUT2D eigenvalue weighted by Crippen LogP contribution is -2.41. The number of aromatic nitrogens is 1. The number of hydrogen-bond acceptors (Lipinski definition) is 3. The van der Waals surface area contributed by atoms with Crippen molar-refractivity contribution >= 4 is 5.91 Å². The van der Waals surface area contributed by atoms with E-state index in [-0.39, 0.29) is 5.69 Å². The van der Waals surface area contributed by atoms with Crippen LogP contribution < -0.4 is 11.1 Å². The first-order chi connectivity index (χ1) is 7.44. The van der Waals surface area contributed by atoms with Crippen molar-refractivity contribution in [2.45, 2.75) is 5.92 Å². The van der Waals surface area contributed by atoms with Gasteiger partial charge in [0.05, 0.1) is 19.3 Å². The quantitative estimate of drug-likeness (QED) is 0.797. The van der Waals surface area contributed by atoms with Gasteiger partial charge in [0.25, 0.3) is 11.8 Å². The number of carbonyl (C=O) groups is 1. The summed E-state index contributed by atoms with van der Waals surface area (Å²) in [4.78, 5) is 14.7. The van der Waals surface area contributed by atoms with Gasteiger partial charge in [-0.1, -0.05) is 0 Å². The van der Waals surface area contributed by atoms with Gasteiger partial charge >= 0.3 is 0 Å². The molecular formula is C9H10F3N3O. The molecule has 16 heavy (non-hydrogen) atoms. The Morgan fingerprint density at radius 3 is 2.69 bits per heavy atom. The van der Waals surface area contributed by atoms with Crippen LogP contribution in [0, 0.1) is 5.82 Å². The molecule has 1 aromatic rings. The van der Waals surface area contributed by atoms with Crippen molar-refractivity contribution in [1.29, 1.82) is 0 Å². The summed E-state index contributed by atoms with van der Waals surface area (Å²) >= 11 is 0. The molecule has 1 rings (SSSR count). The average Bonchev–Trinajstić information content (AvgIpc) is 2.27. The standard InChI is InChI=1S/C9H10F3N3O/c10-6-1-2-7(14-3-6)8(16)15-5-9(11,12)4-13/h1-3H,4-5,13H2,(H,15,16). The van der Waals surface area contributed by atoms with E-state index in [2.05, 4.69) is 4.98 Å². The third-order valence-electron chi connectivity index (χ3n) is 1.77. The van der Waals surface area contributed by atoms with Crippen LogP contribution in [0.3, 0.4) is 0 Å². The third-order valence-corrected chi connectivity index (χ3v) is 1.77. The number of hydrogen-bond donors (Lipinski definition) is 2. The lowest BCUT2D eigenvalue weighted by Gasteiger charge is -2.14. The maximum atomic E-state index is 12.7. The van der Waals surface area contributed by atoms with Gasteiger partial charge in [0.2, 0.25) is 0 Å². The Kier molecular flexibility index (Phi) is 3.83. The topological polar surface area (TPSA) is 68.0 Å². The first kappa shape index (κ1) is 12.4. The largest absolute Gasteiger partial charge is 0.345 e. The summed E-state index contributed by atoms with van der Waals surface area (Å²) in [6, 6.07) is 2.12. The van der Waals surface area contributed by atoms with Crippen LogP contribution in [0.5, 0.6) is 0 Å². The van der Waals surface area contributed by atoms with E-state index in [4.69, 9.17) is 5.73 Å². The second-order valence-electron chi connectivity index (χ2n) is 3.10. The van der Waals surface area contributed by atoms with Crippen LogP contribution in [0.15, 0.2) is 18.3 Å². The van der Waals surface area contributed by atoms with E-state index < -0.39 is 30.7 Å². The fourth-order valence-electron chi connectivity index (χ4n) is 0.882. The van der Waals surface area contributed by atoms with Crippen molar-refractivity contribution in [3.8, 4) is 0 Å². The molecule has 0 atom stereocenters. The molecular weight excluding hydrogens is 223 g/mol. The summed E-state index contributed by atoms with van der Waals surface area (Å²) < 4.78 is 37.8. The van der Waals surface area contributed by atoms with Gasteiger partial charge in [-0.25, -0.2) is 18.2 Å². The zero-order valence-electron chi connectivity index (χ0n) is 8.21. The summed E-state index contributed by atoms with van der Waals surface area (Å²) in [6.07, 6.45) is 0.829. The molecule has 0 aliphatic rings. The molecule has 0 saturated carbocycles. The first-order valence-electron chi connectivity index (χ1n) is 4.42. The van der Waals surface area contributed by atoms with Crippen molar-refractivity contribution in [3.63, 3.8) is 0 Å². The molecule has 1 heterocycles. The Morgan fingerprint density at radius 1 is 1.50 bits per heavy atom. The number of pyridine rings is 1. The number of nitrogens with one attached hydrogen (secondary N) is 1. The predicted molar refractivity (Wildman–Crippen MR) is 50.5 cm³/mol. The maximum Gasteiger partial charge on any atom is 0.277 e. The van der Waals surface area contributed by atoms with Gasteiger partial charge in [-0.2, -0.15) is 0 Å². The van der Waals surface area contributed by atoms with Gasteiger partial charge in [-0.05, 0) is 12.1 Å². The van der Waals surface area contributed by atoms with Crippen molar-refractivity contribution < 1.29 is 18.0 Å². The van der Waals surface area contributed by atoms with Gasteiger partial charge in [0.1, 0.15) is 11.5 Å². The molecule has 0 spiro atoms. The van der Waals surface area contributed by atoms with E-state index in [0.29, 0.717) is 0 Å². The van der Waals surface area contributed by atoms with Crippen LogP contribution in [0.2, 0.25) is 0 Å². The minimum absolute atomic E-state index is 0.130. The maximum absolute atomic E-state index is 12.7. The van der Waals surface area contributed by atoms with E-state index in [1.54, 1.807) is 0 Å². The summed E-state index contributed by atoms with van der Waals surface area (Å²) in [5.74, 6) is -4.56. The van der Waals surface area contributed by atoms with Gasteiger partial charge in [-0.15, -0.1) is 0 Å². The molecule has 88 valence electrons. The summed E-state index contributed by atoms with van der Waals surface area (Å²) in [7, 11) is 0. The highest BCUT2D eigenvalue weighted by Gasteiger charge is 2.27. The Hall–Kier alpha value is -1.63. The number of carbonyl (C=O) groups excluding carboxylic acids is 1. The fraction of sp³-hybridized carbons (Fsp3) is 0.333. The Bertz CT molecular complexity index is 367. The fourth-order valence-corrected chi connectivity index (χ4v) is 0.882. The molecule has 0 saturated heterocycles. The monoisotopic (exact) mass is 233 g/mol. The minimum atomic E-state index is -3.16. The second kappa shape index (κ2) is 4.93. The summed E-state index contributed by atoms with van der Waals surface area (Å²) in [5, 5.41) is 1.96. The SMILES string of the molecule is NCC(F)(F)CNC(=O)c1ccc(F)cn1. The van der Waals surface area contributed by atoms with E-state index in [1.165, 1.54) is 0 Å². The zero-order chi connectivity index (χ0) is 12.2. The molecule has 4 nitrogen and oxygen atoms in total. The summed E-state index contributed by atoms with van der Waals surface area (Å²) in [6.45, 7) is -1.73. The molecule has 1 amide bonds. The normalized spacial score (nSPS) is 11.2. The highest BCUT2D eigenvalue weighted by atomic mass is 19.3. The molecule has 0 aliphatic heterocycles. The Balaban J connectivity index is 2.56. The lowest BCUT2D eigenvalue weighted by atomic mass is 10.3. The predicted octanol–water partition coefficient (Wildman–Crippen LogP) is 0.544. The molecule has 0 fully saturated rings. The molecule has 7 heteroatoms. The van der Waals surface area contributed by atoms with E-state index >= 15 is 0 Å². The second-order valence-corrected chi connectivity index (χ2v) is 3.10.